The number of nitrogens with one attached hydrogen (secondary N) is 1. The molecule has 3 rings (SSSR count). The van der Waals surface area contributed by atoms with E-state index in [1.54, 1.807) is 6.92 Å². The molecule has 202 valence electrons. The van der Waals surface area contributed by atoms with E-state index in [2.05, 4.69) is 5.32 Å². The fourth-order valence-electron chi connectivity index (χ4n) is 4.07. The molecule has 0 aliphatic carbocycles. The van der Waals surface area contributed by atoms with Gasteiger partial charge >= 0.3 is 0 Å². The van der Waals surface area contributed by atoms with Crippen LogP contribution in [0.2, 0.25) is 5.02 Å². The predicted molar refractivity (Wildman–Crippen MR) is 148 cm³/mol. The summed E-state index contributed by atoms with van der Waals surface area (Å²) in [6, 6.07) is 19.3. The number of hydrogen-bond acceptors (Lipinski definition) is 4. The maximum atomic E-state index is 13.9. The minimum absolute atomic E-state index is 0.0423. The highest BCUT2D eigenvalue weighted by atomic mass is 35.5. The number of rotatable bonds is 11. The smallest absolute Gasteiger partial charge is 0.244 e. The van der Waals surface area contributed by atoms with Crippen molar-refractivity contribution >= 4 is 39.1 Å². The van der Waals surface area contributed by atoms with Gasteiger partial charge in [-0.1, -0.05) is 66.2 Å². The number of carbonyl (C=O) groups is 2. The molecular weight excluding hydrogens is 529 g/mol. The Balaban J connectivity index is 2.06. The molecule has 0 aromatic heterocycles. The Bertz CT molecular complexity index is 1390. The van der Waals surface area contributed by atoms with Crippen molar-refractivity contribution in [1.82, 2.24) is 10.2 Å². The normalized spacial score (nSPS) is 12.0. The molecule has 0 radical (unpaired) electrons. The first-order valence-electron chi connectivity index (χ1n) is 12.1. The number of benzene rings is 3. The standard InChI is InChI=1S/C28H31ClFN3O4S/c1-4-31-28(35)26(16-21-11-6-5-7-12-21)32(18-22-13-9-8-10-20(22)2)27(34)19-33(38(3,36)37)23-14-15-25(30)24(29)17-23/h5-15,17,26H,4,16,18-19H2,1-3H3,(H,31,35)/t26-/m0/s1. The molecule has 0 fully saturated rings. The number of halogens is 2. The minimum Gasteiger partial charge on any atom is -0.355 e. The lowest BCUT2D eigenvalue weighted by Crippen LogP contribution is -2.53. The molecule has 0 bridgehead atoms. The molecule has 0 saturated carbocycles. The van der Waals surface area contributed by atoms with Gasteiger partial charge in [-0.15, -0.1) is 0 Å². The number of anilines is 1. The number of aryl methyl sites for hydroxylation is 1. The zero-order valence-electron chi connectivity index (χ0n) is 21.5. The molecule has 3 aromatic carbocycles. The Kier molecular flexibility index (Phi) is 9.88. The average Bonchev–Trinajstić information content (AvgIpc) is 2.87. The summed E-state index contributed by atoms with van der Waals surface area (Å²) in [5.41, 5.74) is 2.63. The second-order valence-electron chi connectivity index (χ2n) is 8.92. The molecule has 3 aromatic rings. The van der Waals surface area contributed by atoms with E-state index in [1.807, 2.05) is 61.5 Å². The second kappa shape index (κ2) is 12.9. The molecule has 38 heavy (non-hydrogen) atoms. The molecule has 0 aliphatic rings. The van der Waals surface area contributed by atoms with Crippen LogP contribution in [-0.2, 0) is 32.6 Å². The Hall–Kier alpha value is -3.43. The summed E-state index contributed by atoms with van der Waals surface area (Å²) < 4.78 is 40.1. The van der Waals surface area contributed by atoms with Crippen molar-refractivity contribution in [1.29, 1.82) is 0 Å². The van der Waals surface area contributed by atoms with Crippen molar-refractivity contribution in [2.24, 2.45) is 0 Å². The number of hydrogen-bond donors (Lipinski definition) is 1. The Morgan fingerprint density at radius 1 is 1.03 bits per heavy atom. The first kappa shape index (κ1) is 29.1. The highest BCUT2D eigenvalue weighted by Gasteiger charge is 2.33. The average molecular weight is 560 g/mol. The van der Waals surface area contributed by atoms with Crippen molar-refractivity contribution in [3.8, 4) is 0 Å². The first-order chi connectivity index (χ1) is 18.0. The maximum absolute atomic E-state index is 13.9. The van der Waals surface area contributed by atoms with Crippen LogP contribution in [0.4, 0.5) is 10.1 Å². The summed E-state index contributed by atoms with van der Waals surface area (Å²) in [4.78, 5) is 28.6. The maximum Gasteiger partial charge on any atom is 0.244 e. The van der Waals surface area contributed by atoms with Crippen LogP contribution in [0.5, 0.6) is 0 Å². The van der Waals surface area contributed by atoms with E-state index in [0.29, 0.717) is 6.54 Å². The molecule has 2 amide bonds. The van der Waals surface area contributed by atoms with Crippen LogP contribution in [0, 0.1) is 12.7 Å². The third-order valence-electron chi connectivity index (χ3n) is 6.09. The molecule has 10 heteroatoms. The van der Waals surface area contributed by atoms with Crippen LogP contribution in [-0.4, -0.2) is 50.5 Å². The van der Waals surface area contributed by atoms with E-state index < -0.39 is 34.3 Å². The van der Waals surface area contributed by atoms with Gasteiger partial charge in [0.15, 0.2) is 0 Å². The van der Waals surface area contributed by atoms with Gasteiger partial charge in [0, 0.05) is 19.5 Å². The topological polar surface area (TPSA) is 86.8 Å². The second-order valence-corrected chi connectivity index (χ2v) is 11.2. The van der Waals surface area contributed by atoms with Crippen LogP contribution in [0.25, 0.3) is 0 Å². The van der Waals surface area contributed by atoms with Gasteiger partial charge in [-0.3, -0.25) is 13.9 Å². The molecule has 0 saturated heterocycles. The van der Waals surface area contributed by atoms with Crippen LogP contribution < -0.4 is 9.62 Å². The van der Waals surface area contributed by atoms with Gasteiger partial charge in [-0.25, -0.2) is 12.8 Å². The van der Waals surface area contributed by atoms with Gasteiger partial charge in [-0.2, -0.15) is 0 Å². The first-order valence-corrected chi connectivity index (χ1v) is 14.3. The number of likely N-dealkylation sites (N-methyl/N-ethyl adjacent to an activating group) is 1. The molecule has 0 spiro atoms. The zero-order chi connectivity index (χ0) is 27.9. The lowest BCUT2D eigenvalue weighted by Gasteiger charge is -2.33. The fraction of sp³-hybridized carbons (Fsp3) is 0.286. The summed E-state index contributed by atoms with van der Waals surface area (Å²) in [6.45, 7) is 3.54. The lowest BCUT2D eigenvalue weighted by atomic mass is 10.0. The van der Waals surface area contributed by atoms with Crippen molar-refractivity contribution in [2.45, 2.75) is 32.9 Å². The van der Waals surface area contributed by atoms with Crippen molar-refractivity contribution in [3.63, 3.8) is 0 Å². The fourth-order valence-corrected chi connectivity index (χ4v) is 5.09. The minimum atomic E-state index is -3.97. The van der Waals surface area contributed by atoms with Crippen LogP contribution >= 0.6 is 11.6 Å². The summed E-state index contributed by atoms with van der Waals surface area (Å²) in [7, 11) is -3.97. The monoisotopic (exact) mass is 559 g/mol. The third-order valence-corrected chi connectivity index (χ3v) is 7.52. The van der Waals surface area contributed by atoms with Crippen molar-refractivity contribution in [3.05, 3.63) is 100 Å². The largest absolute Gasteiger partial charge is 0.355 e. The van der Waals surface area contributed by atoms with Gasteiger partial charge in [0.1, 0.15) is 18.4 Å². The van der Waals surface area contributed by atoms with E-state index in [9.17, 15) is 22.4 Å². The van der Waals surface area contributed by atoms with E-state index in [4.69, 9.17) is 11.6 Å². The SMILES string of the molecule is CCNC(=O)[C@H](Cc1ccccc1)N(Cc1ccccc1C)C(=O)CN(c1ccc(F)c(Cl)c1)S(C)(=O)=O. The Labute approximate surface area is 228 Å². The van der Waals surface area contributed by atoms with Crippen LogP contribution in [0.1, 0.15) is 23.6 Å². The number of amides is 2. The van der Waals surface area contributed by atoms with E-state index in [1.165, 1.54) is 11.0 Å². The van der Waals surface area contributed by atoms with Gasteiger partial charge in [0.2, 0.25) is 21.8 Å². The van der Waals surface area contributed by atoms with Gasteiger partial charge in [0.25, 0.3) is 0 Å². The molecular formula is C28H31ClFN3O4S. The van der Waals surface area contributed by atoms with Crippen molar-refractivity contribution in [2.75, 3.05) is 23.7 Å². The van der Waals surface area contributed by atoms with E-state index in [0.717, 1.165) is 39.4 Å². The lowest BCUT2D eigenvalue weighted by molar-refractivity contribution is -0.140. The van der Waals surface area contributed by atoms with Gasteiger partial charge in [-0.05, 0) is 48.7 Å². The summed E-state index contributed by atoms with van der Waals surface area (Å²) in [5, 5.41) is 2.53. The zero-order valence-corrected chi connectivity index (χ0v) is 23.1. The highest BCUT2D eigenvalue weighted by molar-refractivity contribution is 7.92. The molecule has 1 N–H and O–H groups in total. The quantitative estimate of drug-likeness (QED) is 0.379. The van der Waals surface area contributed by atoms with E-state index in [-0.39, 0.29) is 29.6 Å². The summed E-state index contributed by atoms with van der Waals surface area (Å²) in [6.07, 6.45) is 1.18. The van der Waals surface area contributed by atoms with Crippen LogP contribution in [0.15, 0.2) is 72.8 Å². The molecule has 0 heterocycles. The predicted octanol–water partition coefficient (Wildman–Crippen LogP) is 4.33. The van der Waals surface area contributed by atoms with Crippen LogP contribution in [0.3, 0.4) is 0 Å². The molecule has 0 aliphatic heterocycles. The van der Waals surface area contributed by atoms with Gasteiger partial charge < -0.3 is 10.2 Å². The molecule has 1 atom stereocenters. The Morgan fingerprint density at radius 3 is 2.29 bits per heavy atom. The van der Waals surface area contributed by atoms with E-state index >= 15 is 0 Å². The number of carbonyl (C=O) groups excluding carboxylic acids is 2. The summed E-state index contributed by atoms with van der Waals surface area (Å²) in [5.74, 6) is -1.66. The molecule has 7 nitrogen and oxygen atoms in total. The summed E-state index contributed by atoms with van der Waals surface area (Å²) >= 11 is 5.90. The third kappa shape index (κ3) is 7.55. The highest BCUT2D eigenvalue weighted by Crippen LogP contribution is 2.25. The number of nitrogens with zero attached hydrogens (tertiary/aromatic N) is 2. The number of sulfonamides is 1. The van der Waals surface area contributed by atoms with Crippen molar-refractivity contribution < 1.29 is 22.4 Å². The Morgan fingerprint density at radius 2 is 1.68 bits per heavy atom. The van der Waals surface area contributed by atoms with Gasteiger partial charge in [0.05, 0.1) is 17.0 Å². The molecule has 0 unspecified atom stereocenters.